The molecule has 0 amide bonds. The minimum Gasteiger partial charge on any atom is -0.373 e. The van der Waals surface area contributed by atoms with Gasteiger partial charge in [-0.05, 0) is 41.3 Å². The summed E-state index contributed by atoms with van der Waals surface area (Å²) in [5.74, 6) is -0.0835. The molecule has 1 unspecified atom stereocenters. The Bertz CT molecular complexity index is 991. The van der Waals surface area contributed by atoms with E-state index in [1.165, 1.54) is 0 Å². The third kappa shape index (κ3) is 5.59. The molecule has 3 rings (SSSR count). The highest BCUT2D eigenvalue weighted by atomic mass is 79.9. The molecule has 0 bridgehead atoms. The van der Waals surface area contributed by atoms with Crippen LogP contribution in [0.2, 0.25) is 0 Å². The van der Waals surface area contributed by atoms with Gasteiger partial charge in [0.2, 0.25) is 0 Å². The van der Waals surface area contributed by atoms with Gasteiger partial charge in [0, 0.05) is 10.7 Å². The molecule has 9 heteroatoms. The van der Waals surface area contributed by atoms with Crippen molar-refractivity contribution in [2.24, 2.45) is 0 Å². The summed E-state index contributed by atoms with van der Waals surface area (Å²) in [6.45, 7) is 0.306. The average molecular weight is 493 g/mol. The minimum atomic E-state index is -4.46. The summed E-state index contributed by atoms with van der Waals surface area (Å²) < 4.78 is 74.5. The van der Waals surface area contributed by atoms with Gasteiger partial charge in [-0.3, -0.25) is 0 Å². The van der Waals surface area contributed by atoms with Crippen molar-refractivity contribution in [2.75, 3.05) is 18.6 Å². The number of fused-ring (bicyclic) bond motifs is 1. The molecule has 1 heterocycles. The molecule has 29 heavy (non-hydrogen) atoms. The normalized spacial score (nSPS) is 19.3. The number of benzene rings is 2. The summed E-state index contributed by atoms with van der Waals surface area (Å²) >= 11 is 3.10. The number of rotatable bonds is 7. The average Bonchev–Trinajstić information content (AvgIpc) is 2.98. The van der Waals surface area contributed by atoms with Crippen LogP contribution in [0.5, 0.6) is 0 Å². The zero-order valence-electron chi connectivity index (χ0n) is 15.6. The first-order valence-electron chi connectivity index (χ1n) is 8.83. The highest BCUT2D eigenvalue weighted by Gasteiger charge is 2.41. The Morgan fingerprint density at radius 2 is 1.93 bits per heavy atom. The van der Waals surface area contributed by atoms with Crippen molar-refractivity contribution in [1.29, 1.82) is 0 Å². The molecule has 0 N–H and O–H groups in total. The third-order valence-electron chi connectivity index (χ3n) is 4.78. The maximum absolute atomic E-state index is 13.0. The van der Waals surface area contributed by atoms with Crippen molar-refractivity contribution in [3.05, 3.63) is 69.2 Å². The van der Waals surface area contributed by atoms with Gasteiger partial charge in [0.15, 0.2) is 0 Å². The number of alkyl halides is 3. The molecule has 2 aromatic rings. The molecule has 0 saturated heterocycles. The molecule has 0 radical (unpaired) electrons. The van der Waals surface area contributed by atoms with Crippen molar-refractivity contribution in [3.8, 4) is 0 Å². The van der Waals surface area contributed by atoms with Crippen molar-refractivity contribution in [1.82, 2.24) is 0 Å². The Morgan fingerprint density at radius 1 is 1.21 bits per heavy atom. The van der Waals surface area contributed by atoms with Crippen LogP contribution in [0.4, 0.5) is 13.2 Å². The lowest BCUT2D eigenvalue weighted by atomic mass is 9.90. The van der Waals surface area contributed by atoms with Gasteiger partial charge in [0.1, 0.15) is 15.4 Å². The second-order valence-corrected chi connectivity index (χ2v) is 10.3. The van der Waals surface area contributed by atoms with E-state index in [1.807, 2.05) is 24.3 Å². The third-order valence-corrected chi connectivity index (χ3v) is 6.18. The molecule has 1 aliphatic heterocycles. The van der Waals surface area contributed by atoms with Gasteiger partial charge in [0.25, 0.3) is 0 Å². The molecular weight excluding hydrogens is 473 g/mol. The summed E-state index contributed by atoms with van der Waals surface area (Å²) in [7, 11) is -3.22. The topological polar surface area (TPSA) is 52.6 Å². The Morgan fingerprint density at radius 3 is 2.62 bits per heavy atom. The van der Waals surface area contributed by atoms with Gasteiger partial charge in [-0.1, -0.05) is 40.2 Å². The van der Waals surface area contributed by atoms with Gasteiger partial charge < -0.3 is 9.47 Å². The summed E-state index contributed by atoms with van der Waals surface area (Å²) in [6, 6.07) is 11.1. The molecular formula is C20H20BrF3O4S. The maximum atomic E-state index is 13.0. The zero-order valence-corrected chi connectivity index (χ0v) is 18.0. The lowest BCUT2D eigenvalue weighted by Gasteiger charge is -2.29. The molecule has 0 aromatic heterocycles. The quantitative estimate of drug-likeness (QED) is 0.554. The first kappa shape index (κ1) is 22.3. The first-order valence-corrected chi connectivity index (χ1v) is 11.7. The molecule has 1 aliphatic rings. The van der Waals surface area contributed by atoms with Crippen LogP contribution >= 0.6 is 15.9 Å². The molecule has 0 aliphatic carbocycles. The predicted molar refractivity (Wildman–Crippen MR) is 106 cm³/mol. The van der Waals surface area contributed by atoms with Crippen LogP contribution < -0.4 is 0 Å². The monoisotopic (exact) mass is 492 g/mol. The van der Waals surface area contributed by atoms with Crippen LogP contribution in [-0.2, 0) is 44.3 Å². The Hall–Kier alpha value is -1.42. The largest absolute Gasteiger partial charge is 0.416 e. The van der Waals surface area contributed by atoms with Gasteiger partial charge in [0.05, 0.1) is 31.1 Å². The second-order valence-electron chi connectivity index (χ2n) is 7.16. The summed E-state index contributed by atoms with van der Waals surface area (Å²) in [6.07, 6.45) is -3.10. The Labute approximate surface area is 176 Å². The second kappa shape index (κ2) is 8.37. The molecule has 4 nitrogen and oxygen atoms in total. The van der Waals surface area contributed by atoms with Crippen molar-refractivity contribution >= 4 is 25.8 Å². The molecule has 1 atom stereocenters. The van der Waals surface area contributed by atoms with Crippen LogP contribution in [0.3, 0.4) is 0 Å². The fourth-order valence-electron chi connectivity index (χ4n) is 3.36. The van der Waals surface area contributed by atoms with Crippen molar-refractivity contribution in [2.45, 2.75) is 31.4 Å². The molecule has 2 aromatic carbocycles. The van der Waals surface area contributed by atoms with E-state index in [2.05, 4.69) is 15.9 Å². The van der Waals surface area contributed by atoms with E-state index < -0.39 is 27.2 Å². The van der Waals surface area contributed by atoms with Gasteiger partial charge in [-0.15, -0.1) is 0 Å². The van der Waals surface area contributed by atoms with E-state index in [0.29, 0.717) is 16.6 Å². The van der Waals surface area contributed by atoms with E-state index in [9.17, 15) is 21.6 Å². The lowest BCUT2D eigenvalue weighted by molar-refractivity contribution is -0.137. The summed E-state index contributed by atoms with van der Waals surface area (Å²) in [5, 5.41) is 0. The van der Waals surface area contributed by atoms with Crippen molar-refractivity contribution in [3.63, 3.8) is 0 Å². The fourth-order valence-corrected chi connectivity index (χ4v) is 4.61. The first-order chi connectivity index (χ1) is 13.5. The number of sulfone groups is 1. The minimum absolute atomic E-state index is 0.0351. The summed E-state index contributed by atoms with van der Waals surface area (Å²) in [5.41, 5.74) is 0.453. The van der Waals surface area contributed by atoms with Crippen LogP contribution in [0, 0.1) is 0 Å². The van der Waals surface area contributed by atoms with Gasteiger partial charge >= 0.3 is 6.18 Å². The van der Waals surface area contributed by atoms with E-state index >= 15 is 0 Å². The Balaban J connectivity index is 1.78. The smallest absolute Gasteiger partial charge is 0.373 e. The predicted octanol–water partition coefficient (Wildman–Crippen LogP) is 4.84. The number of ether oxygens (including phenoxy) is 2. The number of hydrogen-bond donors (Lipinski definition) is 0. The van der Waals surface area contributed by atoms with Crippen LogP contribution in [0.25, 0.3) is 0 Å². The maximum Gasteiger partial charge on any atom is 0.416 e. The van der Waals surface area contributed by atoms with E-state index in [1.54, 1.807) is 6.07 Å². The molecule has 0 fully saturated rings. The Kier molecular flexibility index (Phi) is 6.43. The molecule has 158 valence electrons. The highest BCUT2D eigenvalue weighted by Crippen LogP contribution is 2.40. The van der Waals surface area contributed by atoms with Gasteiger partial charge in [-0.25, -0.2) is 8.42 Å². The van der Waals surface area contributed by atoms with Crippen LogP contribution in [0.15, 0.2) is 46.9 Å². The standard InChI is InChI=1S/C20H20BrF3O4S/c1-29(25,26)7-6-19(18-5-3-2-4-15(18)12-28-19)13-27-11-14-8-16(20(22,23)24)10-17(21)9-14/h2-5,8-10H,6-7,11-13H2,1H3. The van der Waals surface area contributed by atoms with Crippen LogP contribution in [0.1, 0.15) is 28.7 Å². The fraction of sp³-hybridized carbons (Fsp3) is 0.400. The molecule has 0 spiro atoms. The van der Waals surface area contributed by atoms with E-state index in [4.69, 9.17) is 9.47 Å². The molecule has 0 saturated carbocycles. The van der Waals surface area contributed by atoms with E-state index in [0.717, 1.165) is 29.5 Å². The van der Waals surface area contributed by atoms with Crippen LogP contribution in [-0.4, -0.2) is 27.0 Å². The van der Waals surface area contributed by atoms with Gasteiger partial charge in [-0.2, -0.15) is 13.2 Å². The lowest BCUT2D eigenvalue weighted by Crippen LogP contribution is -2.33. The highest BCUT2D eigenvalue weighted by molar-refractivity contribution is 9.10. The number of hydrogen-bond acceptors (Lipinski definition) is 4. The van der Waals surface area contributed by atoms with E-state index in [-0.39, 0.29) is 25.4 Å². The van der Waals surface area contributed by atoms with Crippen molar-refractivity contribution < 1.29 is 31.1 Å². The SMILES string of the molecule is CS(=O)(=O)CCC1(COCc2cc(Br)cc(C(F)(F)F)c2)OCc2ccccc21. The zero-order chi connectivity index (χ0) is 21.3. The number of halogens is 4. The summed E-state index contributed by atoms with van der Waals surface area (Å²) in [4.78, 5) is 0.